The summed E-state index contributed by atoms with van der Waals surface area (Å²) < 4.78 is 0. The molecule has 0 radical (unpaired) electrons. The molecule has 1 aliphatic heterocycles. The van der Waals surface area contributed by atoms with Crippen LogP contribution in [0.15, 0.2) is 36.9 Å². The van der Waals surface area contributed by atoms with Gasteiger partial charge >= 0.3 is 0 Å². The fourth-order valence-electron chi connectivity index (χ4n) is 2.83. The number of amides is 2. The highest BCUT2D eigenvalue weighted by Crippen LogP contribution is 2.16. The number of anilines is 1. The standard InChI is InChI=1S/C18H25N5O4/c1-3-8-19-17(24)13-21-9-11-22(12-10-21)14(2)18(25)20-15-4-6-16(7-5-15)23(26)27/h3-7,14H,1,8-13H2,2H3,(H,19,24)(H,20,25)/t14-/m0/s1. The molecule has 146 valence electrons. The number of carbonyl (C=O) groups is 2. The second-order valence-corrected chi connectivity index (χ2v) is 6.37. The first-order chi connectivity index (χ1) is 12.9. The molecule has 1 aliphatic rings. The normalized spacial score (nSPS) is 16.3. The molecular weight excluding hydrogens is 350 g/mol. The van der Waals surface area contributed by atoms with Gasteiger partial charge in [0.05, 0.1) is 17.5 Å². The van der Waals surface area contributed by atoms with Crippen LogP contribution in [0.3, 0.4) is 0 Å². The largest absolute Gasteiger partial charge is 0.352 e. The molecule has 2 amide bonds. The molecule has 0 spiro atoms. The molecule has 0 bridgehead atoms. The van der Waals surface area contributed by atoms with Crippen LogP contribution in [-0.4, -0.2) is 71.8 Å². The Balaban J connectivity index is 1.79. The maximum Gasteiger partial charge on any atom is 0.269 e. The third-order valence-electron chi connectivity index (χ3n) is 4.49. The van der Waals surface area contributed by atoms with Crippen molar-refractivity contribution in [2.75, 3.05) is 44.6 Å². The van der Waals surface area contributed by atoms with Gasteiger partial charge in [0.15, 0.2) is 0 Å². The Hall–Kier alpha value is -2.78. The van der Waals surface area contributed by atoms with Crippen molar-refractivity contribution in [3.8, 4) is 0 Å². The Kier molecular flexibility index (Phi) is 7.44. The lowest BCUT2D eigenvalue weighted by Crippen LogP contribution is -2.54. The van der Waals surface area contributed by atoms with E-state index in [0.717, 1.165) is 0 Å². The third-order valence-corrected chi connectivity index (χ3v) is 4.49. The minimum Gasteiger partial charge on any atom is -0.352 e. The summed E-state index contributed by atoms with van der Waals surface area (Å²) in [6, 6.07) is 5.41. The monoisotopic (exact) mass is 375 g/mol. The van der Waals surface area contributed by atoms with Crippen molar-refractivity contribution in [3.05, 3.63) is 47.0 Å². The van der Waals surface area contributed by atoms with E-state index in [4.69, 9.17) is 0 Å². The molecular formula is C18H25N5O4. The second-order valence-electron chi connectivity index (χ2n) is 6.37. The highest BCUT2D eigenvalue weighted by Gasteiger charge is 2.26. The molecule has 1 saturated heterocycles. The van der Waals surface area contributed by atoms with Crippen LogP contribution in [0.2, 0.25) is 0 Å². The maximum absolute atomic E-state index is 12.4. The Bertz CT molecular complexity index is 683. The molecule has 1 atom stereocenters. The zero-order chi connectivity index (χ0) is 19.8. The van der Waals surface area contributed by atoms with Crippen LogP contribution in [0.25, 0.3) is 0 Å². The van der Waals surface area contributed by atoms with Gasteiger partial charge in [-0.25, -0.2) is 0 Å². The lowest BCUT2D eigenvalue weighted by molar-refractivity contribution is -0.384. The summed E-state index contributed by atoms with van der Waals surface area (Å²) >= 11 is 0. The van der Waals surface area contributed by atoms with Gasteiger partial charge in [-0.3, -0.25) is 29.5 Å². The predicted molar refractivity (Wildman–Crippen MR) is 102 cm³/mol. The summed E-state index contributed by atoms with van der Waals surface area (Å²) in [6.45, 7) is 8.96. The summed E-state index contributed by atoms with van der Waals surface area (Å²) in [7, 11) is 0. The van der Waals surface area contributed by atoms with Gasteiger partial charge in [0, 0.05) is 50.5 Å². The van der Waals surface area contributed by atoms with E-state index in [1.165, 1.54) is 24.3 Å². The smallest absolute Gasteiger partial charge is 0.269 e. The zero-order valence-electron chi connectivity index (χ0n) is 15.4. The Morgan fingerprint density at radius 1 is 1.26 bits per heavy atom. The van der Waals surface area contributed by atoms with Gasteiger partial charge in [0.25, 0.3) is 5.69 Å². The van der Waals surface area contributed by atoms with Gasteiger partial charge < -0.3 is 10.6 Å². The van der Waals surface area contributed by atoms with Crippen molar-refractivity contribution in [3.63, 3.8) is 0 Å². The second kappa shape index (κ2) is 9.79. The van der Waals surface area contributed by atoms with E-state index in [2.05, 4.69) is 27.0 Å². The van der Waals surface area contributed by atoms with E-state index in [0.29, 0.717) is 45.0 Å². The number of piperazine rings is 1. The van der Waals surface area contributed by atoms with Gasteiger partial charge in [0.2, 0.25) is 11.8 Å². The molecule has 1 aromatic carbocycles. The first-order valence-corrected chi connectivity index (χ1v) is 8.80. The number of nitrogens with one attached hydrogen (secondary N) is 2. The Labute approximate surface area is 158 Å². The van der Waals surface area contributed by atoms with E-state index < -0.39 is 4.92 Å². The van der Waals surface area contributed by atoms with Crippen molar-refractivity contribution in [1.29, 1.82) is 0 Å². The molecule has 1 aromatic rings. The van der Waals surface area contributed by atoms with Crippen molar-refractivity contribution >= 4 is 23.2 Å². The van der Waals surface area contributed by atoms with Crippen molar-refractivity contribution in [2.24, 2.45) is 0 Å². The summed E-state index contributed by atoms with van der Waals surface area (Å²) in [5.74, 6) is -0.201. The van der Waals surface area contributed by atoms with Crippen molar-refractivity contribution in [1.82, 2.24) is 15.1 Å². The molecule has 1 heterocycles. The quantitative estimate of drug-likeness (QED) is 0.396. The number of non-ortho nitro benzene ring substituents is 1. The maximum atomic E-state index is 12.4. The lowest BCUT2D eigenvalue weighted by Gasteiger charge is -2.37. The average molecular weight is 375 g/mol. The highest BCUT2D eigenvalue weighted by molar-refractivity contribution is 5.94. The van der Waals surface area contributed by atoms with Crippen LogP contribution in [0, 0.1) is 10.1 Å². The number of rotatable bonds is 8. The molecule has 2 N–H and O–H groups in total. The number of nitro groups is 1. The summed E-state index contributed by atoms with van der Waals surface area (Å²) in [5.41, 5.74) is 0.504. The SMILES string of the molecule is C=CCNC(=O)CN1CCN([C@@H](C)C(=O)Nc2ccc([N+](=O)[O-])cc2)CC1. The van der Waals surface area contributed by atoms with Crippen LogP contribution in [-0.2, 0) is 9.59 Å². The lowest BCUT2D eigenvalue weighted by atomic mass is 10.2. The summed E-state index contributed by atoms with van der Waals surface area (Å²) in [5, 5.41) is 16.2. The molecule has 0 aromatic heterocycles. The highest BCUT2D eigenvalue weighted by atomic mass is 16.6. The van der Waals surface area contributed by atoms with Crippen LogP contribution >= 0.6 is 0 Å². The molecule has 0 saturated carbocycles. The van der Waals surface area contributed by atoms with E-state index in [-0.39, 0.29) is 23.5 Å². The van der Waals surface area contributed by atoms with E-state index in [9.17, 15) is 19.7 Å². The molecule has 0 aliphatic carbocycles. The van der Waals surface area contributed by atoms with Gasteiger partial charge in [0.1, 0.15) is 0 Å². The first kappa shape index (κ1) is 20.5. The molecule has 0 unspecified atom stereocenters. The van der Waals surface area contributed by atoms with E-state index in [1.54, 1.807) is 6.08 Å². The molecule has 9 nitrogen and oxygen atoms in total. The minimum atomic E-state index is -0.481. The fourth-order valence-corrected chi connectivity index (χ4v) is 2.83. The van der Waals surface area contributed by atoms with Crippen LogP contribution in [0.5, 0.6) is 0 Å². The summed E-state index contributed by atoms with van der Waals surface area (Å²) in [6.07, 6.45) is 1.64. The number of nitro benzene ring substituents is 1. The Morgan fingerprint density at radius 3 is 2.44 bits per heavy atom. The Morgan fingerprint density at radius 2 is 1.89 bits per heavy atom. The molecule has 27 heavy (non-hydrogen) atoms. The van der Waals surface area contributed by atoms with E-state index >= 15 is 0 Å². The number of hydrogen-bond donors (Lipinski definition) is 2. The van der Waals surface area contributed by atoms with Crippen LogP contribution in [0.1, 0.15) is 6.92 Å². The van der Waals surface area contributed by atoms with Crippen LogP contribution < -0.4 is 10.6 Å². The van der Waals surface area contributed by atoms with Crippen molar-refractivity contribution in [2.45, 2.75) is 13.0 Å². The zero-order valence-corrected chi connectivity index (χ0v) is 15.4. The van der Waals surface area contributed by atoms with Gasteiger partial charge in [-0.15, -0.1) is 6.58 Å². The van der Waals surface area contributed by atoms with E-state index in [1.807, 2.05) is 6.92 Å². The number of nitrogens with zero attached hydrogens (tertiary/aromatic N) is 3. The topological polar surface area (TPSA) is 108 Å². The predicted octanol–water partition coefficient (Wildman–Crippen LogP) is 0.842. The fraction of sp³-hybridized carbons (Fsp3) is 0.444. The molecule has 1 fully saturated rings. The van der Waals surface area contributed by atoms with Gasteiger partial charge in [-0.2, -0.15) is 0 Å². The summed E-state index contributed by atoms with van der Waals surface area (Å²) in [4.78, 5) is 38.5. The number of carbonyl (C=O) groups excluding carboxylic acids is 2. The minimum absolute atomic E-state index is 0.0192. The van der Waals surface area contributed by atoms with Crippen LogP contribution in [0.4, 0.5) is 11.4 Å². The number of hydrogen-bond acceptors (Lipinski definition) is 6. The van der Waals surface area contributed by atoms with Gasteiger partial charge in [-0.05, 0) is 19.1 Å². The average Bonchev–Trinajstić information content (AvgIpc) is 2.66. The third kappa shape index (κ3) is 6.15. The van der Waals surface area contributed by atoms with Crippen molar-refractivity contribution < 1.29 is 14.5 Å². The molecule has 2 rings (SSSR count). The first-order valence-electron chi connectivity index (χ1n) is 8.80. The number of benzene rings is 1. The molecule has 9 heteroatoms. The van der Waals surface area contributed by atoms with Gasteiger partial charge in [-0.1, -0.05) is 6.08 Å².